The molecule has 1 heterocycles. The molecule has 2 nitrogen and oxygen atoms in total. The molecule has 0 fully saturated rings. The van der Waals surface area contributed by atoms with Gasteiger partial charge in [-0.2, -0.15) is 0 Å². The van der Waals surface area contributed by atoms with Gasteiger partial charge in [0.2, 0.25) is 0 Å². The van der Waals surface area contributed by atoms with Gasteiger partial charge in [-0.1, -0.05) is 11.6 Å². The van der Waals surface area contributed by atoms with E-state index in [9.17, 15) is 18.0 Å². The van der Waals surface area contributed by atoms with Crippen LogP contribution in [0.2, 0.25) is 5.02 Å². The van der Waals surface area contributed by atoms with Crippen molar-refractivity contribution < 1.29 is 13.2 Å². The van der Waals surface area contributed by atoms with Crippen LogP contribution in [0.5, 0.6) is 0 Å². The molecule has 0 aliphatic rings. The van der Waals surface area contributed by atoms with Gasteiger partial charge >= 0.3 is 0 Å². The second kappa shape index (κ2) is 5.18. The fourth-order valence-corrected chi connectivity index (χ4v) is 2.49. The first-order valence-corrected chi connectivity index (χ1v) is 6.72. The fourth-order valence-electron chi connectivity index (χ4n) is 2.33. The number of pyridine rings is 1. The highest BCUT2D eigenvalue weighted by Crippen LogP contribution is 2.25. The van der Waals surface area contributed by atoms with Gasteiger partial charge in [-0.15, -0.1) is 0 Å². The summed E-state index contributed by atoms with van der Waals surface area (Å²) in [4.78, 5) is 12.1. The molecule has 22 heavy (non-hydrogen) atoms. The van der Waals surface area contributed by atoms with Crippen molar-refractivity contribution in [1.82, 2.24) is 4.57 Å². The number of aromatic nitrogens is 1. The van der Waals surface area contributed by atoms with Crippen LogP contribution in [-0.4, -0.2) is 4.57 Å². The molecule has 0 saturated carbocycles. The molecule has 0 aliphatic heterocycles. The minimum absolute atomic E-state index is 0.0391. The topological polar surface area (TPSA) is 22.0 Å². The average Bonchev–Trinajstić information content (AvgIpc) is 2.46. The molecule has 112 valence electrons. The molecule has 6 heteroatoms. The summed E-state index contributed by atoms with van der Waals surface area (Å²) in [7, 11) is 0. The summed E-state index contributed by atoms with van der Waals surface area (Å²) in [6, 6.07) is 5.34. The number of hydrogen-bond acceptors (Lipinski definition) is 1. The van der Waals surface area contributed by atoms with Crippen LogP contribution in [0.1, 0.15) is 5.56 Å². The molecule has 0 saturated heterocycles. The van der Waals surface area contributed by atoms with Gasteiger partial charge in [0.15, 0.2) is 5.43 Å². The highest BCUT2D eigenvalue weighted by Gasteiger charge is 2.14. The lowest BCUT2D eigenvalue weighted by atomic mass is 10.1. The van der Waals surface area contributed by atoms with Crippen LogP contribution in [0.15, 0.2) is 41.3 Å². The predicted octanol–water partition coefficient (Wildman–Crippen LogP) is 4.37. The number of rotatable bonds is 1. The minimum atomic E-state index is -0.801. The number of aryl methyl sites for hydroxylation is 1. The van der Waals surface area contributed by atoms with E-state index in [2.05, 4.69) is 0 Å². The van der Waals surface area contributed by atoms with E-state index >= 15 is 0 Å². The molecule has 3 rings (SSSR count). The Balaban J connectivity index is 2.46. The van der Waals surface area contributed by atoms with E-state index in [1.54, 1.807) is 0 Å². The molecule has 2 aromatic carbocycles. The average molecular weight is 324 g/mol. The quantitative estimate of drug-likeness (QED) is 0.652. The van der Waals surface area contributed by atoms with Crippen molar-refractivity contribution in [2.45, 2.75) is 6.92 Å². The number of nitrogens with zero attached hydrogens (tertiary/aromatic N) is 1. The lowest BCUT2D eigenvalue weighted by Gasteiger charge is -2.14. The summed E-state index contributed by atoms with van der Waals surface area (Å²) in [5.74, 6) is -2.25. The third kappa shape index (κ3) is 2.27. The van der Waals surface area contributed by atoms with Crippen molar-refractivity contribution in [3.05, 3.63) is 74.8 Å². The molecule has 0 aliphatic carbocycles. The summed E-state index contributed by atoms with van der Waals surface area (Å²) >= 11 is 5.76. The SMILES string of the molecule is Cc1cn(-c2ccc(F)cc2F)c2cc(Cl)c(F)cc2c1=O. The zero-order valence-corrected chi connectivity index (χ0v) is 12.1. The van der Waals surface area contributed by atoms with E-state index in [1.807, 2.05) is 0 Å². The van der Waals surface area contributed by atoms with Crippen molar-refractivity contribution in [2.75, 3.05) is 0 Å². The van der Waals surface area contributed by atoms with Crippen molar-refractivity contribution in [2.24, 2.45) is 0 Å². The number of fused-ring (bicyclic) bond motifs is 1. The van der Waals surface area contributed by atoms with E-state index in [0.717, 1.165) is 18.2 Å². The van der Waals surface area contributed by atoms with Crippen molar-refractivity contribution >= 4 is 22.5 Å². The fraction of sp³-hybridized carbons (Fsp3) is 0.0625. The molecular formula is C16H9ClF3NO. The molecule has 0 N–H and O–H groups in total. The van der Waals surface area contributed by atoms with E-state index in [1.165, 1.54) is 29.8 Å². The molecule has 1 aromatic heterocycles. The Kier molecular flexibility index (Phi) is 3.45. The van der Waals surface area contributed by atoms with Gasteiger partial charge in [0.05, 0.1) is 16.2 Å². The number of benzene rings is 2. The molecule has 0 atom stereocenters. The van der Waals surface area contributed by atoms with Crippen molar-refractivity contribution in [1.29, 1.82) is 0 Å². The van der Waals surface area contributed by atoms with Gasteiger partial charge in [0.1, 0.15) is 17.5 Å². The second-order valence-corrected chi connectivity index (χ2v) is 5.30. The Morgan fingerprint density at radius 2 is 1.77 bits per heavy atom. The first kappa shape index (κ1) is 14.7. The summed E-state index contributed by atoms with van der Waals surface area (Å²) in [5.41, 5.74) is 0.215. The van der Waals surface area contributed by atoms with Gasteiger partial charge in [-0.25, -0.2) is 13.2 Å². The maximum absolute atomic E-state index is 14.0. The largest absolute Gasteiger partial charge is 0.313 e. The second-order valence-electron chi connectivity index (χ2n) is 4.89. The third-order valence-electron chi connectivity index (χ3n) is 3.39. The standard InChI is InChI=1S/C16H9ClF3NO/c1-8-7-21(14-3-2-9(18)4-13(14)20)15-6-11(17)12(19)5-10(15)16(8)22/h2-7H,1H3. The van der Waals surface area contributed by atoms with Crippen molar-refractivity contribution in [3.63, 3.8) is 0 Å². The Morgan fingerprint density at radius 3 is 2.45 bits per heavy atom. The Morgan fingerprint density at radius 1 is 1.05 bits per heavy atom. The summed E-state index contributed by atoms with van der Waals surface area (Å²) in [6.45, 7) is 1.53. The molecular weight excluding hydrogens is 315 g/mol. The molecule has 0 amide bonds. The maximum Gasteiger partial charge on any atom is 0.192 e. The van der Waals surface area contributed by atoms with Crippen LogP contribution < -0.4 is 5.43 Å². The molecule has 0 spiro atoms. The number of halogens is 4. The van der Waals surface area contributed by atoms with Gasteiger partial charge < -0.3 is 4.57 Å². The Hall–Kier alpha value is -2.27. The van der Waals surface area contributed by atoms with E-state index in [-0.39, 0.29) is 27.0 Å². The first-order valence-electron chi connectivity index (χ1n) is 6.35. The van der Waals surface area contributed by atoms with Gasteiger partial charge in [-0.3, -0.25) is 4.79 Å². The lowest BCUT2D eigenvalue weighted by Crippen LogP contribution is -2.12. The van der Waals surface area contributed by atoms with E-state index < -0.39 is 17.5 Å². The molecule has 0 radical (unpaired) electrons. The van der Waals surface area contributed by atoms with Crippen LogP contribution in [-0.2, 0) is 0 Å². The Labute approximate surface area is 128 Å². The van der Waals surface area contributed by atoms with Crippen LogP contribution in [0, 0.1) is 24.4 Å². The van der Waals surface area contributed by atoms with Gasteiger partial charge in [0.25, 0.3) is 0 Å². The van der Waals surface area contributed by atoms with Gasteiger partial charge in [-0.05, 0) is 31.2 Å². The van der Waals surface area contributed by atoms with Crippen LogP contribution >= 0.6 is 11.6 Å². The van der Waals surface area contributed by atoms with Crippen LogP contribution in [0.4, 0.5) is 13.2 Å². The first-order chi connectivity index (χ1) is 10.4. The van der Waals surface area contributed by atoms with Crippen molar-refractivity contribution in [3.8, 4) is 5.69 Å². The predicted molar refractivity (Wildman–Crippen MR) is 79.2 cm³/mol. The normalized spacial score (nSPS) is 11.1. The van der Waals surface area contributed by atoms with Crippen LogP contribution in [0.3, 0.4) is 0 Å². The van der Waals surface area contributed by atoms with Gasteiger partial charge in [0, 0.05) is 23.2 Å². The van der Waals surface area contributed by atoms with Crippen LogP contribution in [0.25, 0.3) is 16.6 Å². The zero-order valence-electron chi connectivity index (χ0n) is 11.3. The minimum Gasteiger partial charge on any atom is -0.313 e. The lowest BCUT2D eigenvalue weighted by molar-refractivity contribution is 0.578. The molecule has 3 aromatic rings. The number of hydrogen-bond donors (Lipinski definition) is 0. The highest BCUT2D eigenvalue weighted by molar-refractivity contribution is 6.31. The summed E-state index contributed by atoms with van der Waals surface area (Å²) in [6.07, 6.45) is 1.41. The van der Waals surface area contributed by atoms with E-state index in [0.29, 0.717) is 5.56 Å². The highest BCUT2D eigenvalue weighted by atomic mass is 35.5. The smallest absolute Gasteiger partial charge is 0.192 e. The summed E-state index contributed by atoms with van der Waals surface area (Å²) in [5, 5.41) is -0.113. The van der Waals surface area contributed by atoms with E-state index in [4.69, 9.17) is 11.6 Å². The Bertz CT molecular complexity index is 966. The third-order valence-corrected chi connectivity index (χ3v) is 3.68. The monoisotopic (exact) mass is 323 g/mol. The molecule has 0 bridgehead atoms. The molecule has 0 unspecified atom stereocenters. The summed E-state index contributed by atoms with van der Waals surface area (Å²) < 4.78 is 42.1. The maximum atomic E-state index is 14.0. The zero-order chi connectivity index (χ0) is 16.0.